The van der Waals surface area contributed by atoms with Crippen molar-refractivity contribution in [2.24, 2.45) is 26.6 Å². The van der Waals surface area contributed by atoms with Crippen molar-refractivity contribution in [3.63, 3.8) is 0 Å². The van der Waals surface area contributed by atoms with E-state index in [4.69, 9.17) is 0 Å². The number of nitrogens with zero attached hydrogens (tertiary/aromatic N) is 5. The smallest absolute Gasteiger partial charge is 0.222 e. The zero-order valence-corrected chi connectivity index (χ0v) is 16.4. The van der Waals surface area contributed by atoms with E-state index < -0.39 is 5.66 Å². The van der Waals surface area contributed by atoms with E-state index in [9.17, 15) is 4.79 Å². The summed E-state index contributed by atoms with van der Waals surface area (Å²) in [5.41, 5.74) is -0.419. The monoisotopic (exact) mass is 361 g/mol. The lowest BCUT2D eigenvalue weighted by Crippen LogP contribution is -2.41. The van der Waals surface area contributed by atoms with Crippen LogP contribution in [0.25, 0.3) is 0 Å². The topological polar surface area (TPSA) is 69.8 Å². The second-order valence-corrected chi connectivity index (χ2v) is 8.27. The fraction of sp³-hybridized carbons (Fsp3) is 0.950. The van der Waals surface area contributed by atoms with Gasteiger partial charge in [0.25, 0.3) is 0 Å². The number of carbonyl (C=O) groups is 1. The van der Waals surface area contributed by atoms with E-state index in [0.29, 0.717) is 24.3 Å². The van der Waals surface area contributed by atoms with Gasteiger partial charge in [0.1, 0.15) is 0 Å². The van der Waals surface area contributed by atoms with Crippen LogP contribution in [0.1, 0.15) is 96.8 Å². The van der Waals surface area contributed by atoms with Gasteiger partial charge in [-0.25, -0.2) is 0 Å². The molecule has 6 nitrogen and oxygen atoms in total. The lowest BCUT2D eigenvalue weighted by Gasteiger charge is -2.34. The minimum atomic E-state index is -0.419. The predicted octanol–water partition coefficient (Wildman–Crippen LogP) is 5.84. The maximum atomic E-state index is 12.7. The molecule has 3 aliphatic rings. The Hall–Kier alpha value is -1.33. The van der Waals surface area contributed by atoms with Crippen LogP contribution in [0, 0.1) is 5.92 Å². The number of carbonyl (C=O) groups excluding carboxylic acids is 1. The molecule has 0 N–H and O–H groups in total. The van der Waals surface area contributed by atoms with Crippen molar-refractivity contribution in [1.29, 1.82) is 0 Å². The third kappa shape index (κ3) is 4.68. The van der Waals surface area contributed by atoms with E-state index in [2.05, 4.69) is 32.5 Å². The summed E-state index contributed by atoms with van der Waals surface area (Å²) in [7, 11) is 0. The molecule has 146 valence electrons. The molecular formula is C20H35N5O. The summed E-state index contributed by atoms with van der Waals surface area (Å²) in [6.45, 7) is 2.96. The molecule has 1 heterocycles. The highest BCUT2D eigenvalue weighted by atomic mass is 16.2. The van der Waals surface area contributed by atoms with Crippen LogP contribution >= 0.6 is 0 Å². The van der Waals surface area contributed by atoms with E-state index in [-0.39, 0.29) is 0 Å². The van der Waals surface area contributed by atoms with Gasteiger partial charge in [-0.2, -0.15) is 0 Å². The van der Waals surface area contributed by atoms with Gasteiger partial charge in [0, 0.05) is 24.9 Å². The molecule has 3 rings (SSSR count). The number of hydrogen-bond donors (Lipinski definition) is 0. The Morgan fingerprint density at radius 2 is 1.54 bits per heavy atom. The van der Waals surface area contributed by atoms with Crippen molar-refractivity contribution in [3.05, 3.63) is 0 Å². The normalized spacial score (nSPS) is 23.4. The summed E-state index contributed by atoms with van der Waals surface area (Å²) in [5.74, 6) is 0.817. The van der Waals surface area contributed by atoms with E-state index in [0.717, 1.165) is 25.8 Å². The Morgan fingerprint density at radius 1 is 0.923 bits per heavy atom. The third-order valence-corrected chi connectivity index (χ3v) is 6.60. The molecule has 6 heteroatoms. The highest BCUT2D eigenvalue weighted by molar-refractivity contribution is 5.76. The molecule has 0 radical (unpaired) electrons. The molecule has 0 unspecified atom stereocenters. The molecule has 2 aliphatic carbocycles. The second kappa shape index (κ2) is 9.56. The Bertz CT molecular complexity index is 494. The lowest BCUT2D eigenvalue weighted by atomic mass is 9.78. The van der Waals surface area contributed by atoms with Crippen LogP contribution < -0.4 is 0 Å². The van der Waals surface area contributed by atoms with Gasteiger partial charge in [-0.3, -0.25) is 4.79 Å². The largest absolute Gasteiger partial charge is 0.340 e. The van der Waals surface area contributed by atoms with Gasteiger partial charge in [0.05, 0.1) is 0 Å². The van der Waals surface area contributed by atoms with E-state index in [1.807, 2.05) is 0 Å². The van der Waals surface area contributed by atoms with Crippen LogP contribution in [-0.4, -0.2) is 29.1 Å². The highest BCUT2D eigenvalue weighted by Gasteiger charge is 2.41. The van der Waals surface area contributed by atoms with Crippen LogP contribution in [0.15, 0.2) is 20.7 Å². The number of amides is 1. The molecule has 0 aromatic carbocycles. The molecule has 2 saturated carbocycles. The number of unbranched alkanes of at least 4 members (excludes halogenated alkanes) is 1. The van der Waals surface area contributed by atoms with Gasteiger partial charge in [-0.05, 0) is 62.3 Å². The standard InChI is InChI=1S/C20H35N5O/c1-2-25(18-13-7-4-8-14-18)19(26)15-9-10-16-20(21-23-24-22-20)17-11-5-3-6-12-17/h17-18H,2-16H2,1H3. The molecule has 2 fully saturated rings. The summed E-state index contributed by atoms with van der Waals surface area (Å²) >= 11 is 0. The quantitative estimate of drug-likeness (QED) is 0.501. The zero-order chi connectivity index (χ0) is 18.2. The molecule has 0 aromatic rings. The molecule has 0 spiro atoms. The van der Waals surface area contributed by atoms with Gasteiger partial charge < -0.3 is 4.90 Å². The first-order valence-corrected chi connectivity index (χ1v) is 10.9. The predicted molar refractivity (Wildman–Crippen MR) is 102 cm³/mol. The fourth-order valence-electron chi connectivity index (χ4n) is 5.08. The molecular weight excluding hydrogens is 326 g/mol. The molecule has 0 bridgehead atoms. The SMILES string of the molecule is CCN(C(=O)CCCCC1(C2CCCCC2)N=NN=N1)C1CCCCC1. The molecule has 1 aliphatic heterocycles. The Labute approximate surface area is 157 Å². The summed E-state index contributed by atoms with van der Waals surface area (Å²) in [4.78, 5) is 14.8. The van der Waals surface area contributed by atoms with Gasteiger partial charge in [-0.15, -0.1) is 10.2 Å². The van der Waals surface area contributed by atoms with Crippen LogP contribution in [-0.2, 0) is 4.79 Å². The first-order valence-electron chi connectivity index (χ1n) is 10.9. The van der Waals surface area contributed by atoms with Crippen molar-refractivity contribution in [3.8, 4) is 0 Å². The average Bonchev–Trinajstić information content (AvgIpc) is 3.18. The number of rotatable bonds is 8. The third-order valence-electron chi connectivity index (χ3n) is 6.60. The summed E-state index contributed by atoms with van der Waals surface area (Å²) in [5, 5.41) is 16.5. The minimum absolute atomic E-state index is 0.334. The average molecular weight is 362 g/mol. The van der Waals surface area contributed by atoms with Gasteiger partial charge in [-0.1, -0.05) is 38.5 Å². The summed E-state index contributed by atoms with van der Waals surface area (Å²) in [6, 6.07) is 0.479. The zero-order valence-electron chi connectivity index (χ0n) is 16.4. The van der Waals surface area contributed by atoms with Crippen LogP contribution in [0.2, 0.25) is 0 Å². The van der Waals surface area contributed by atoms with Crippen LogP contribution in [0.4, 0.5) is 0 Å². The van der Waals surface area contributed by atoms with E-state index >= 15 is 0 Å². The highest BCUT2D eigenvalue weighted by Crippen LogP contribution is 2.42. The summed E-state index contributed by atoms with van der Waals surface area (Å²) in [6.07, 6.45) is 15.9. The van der Waals surface area contributed by atoms with Crippen molar-refractivity contribution >= 4 is 5.91 Å². The van der Waals surface area contributed by atoms with Crippen molar-refractivity contribution in [2.75, 3.05) is 6.54 Å². The first kappa shape index (κ1) is 19.4. The maximum absolute atomic E-state index is 12.7. The second-order valence-electron chi connectivity index (χ2n) is 8.27. The Kier molecular flexibility index (Phi) is 7.15. The Balaban J connectivity index is 1.45. The van der Waals surface area contributed by atoms with Crippen LogP contribution in [0.5, 0.6) is 0 Å². The maximum Gasteiger partial charge on any atom is 0.222 e. The molecule has 1 amide bonds. The van der Waals surface area contributed by atoms with E-state index in [1.54, 1.807) is 0 Å². The van der Waals surface area contributed by atoms with Gasteiger partial charge in [0.2, 0.25) is 5.91 Å². The Morgan fingerprint density at radius 3 is 2.15 bits per heavy atom. The van der Waals surface area contributed by atoms with Crippen LogP contribution in [0.3, 0.4) is 0 Å². The van der Waals surface area contributed by atoms with Crippen molar-refractivity contribution in [1.82, 2.24) is 4.90 Å². The number of hydrogen-bond acceptors (Lipinski definition) is 5. The van der Waals surface area contributed by atoms with Crippen molar-refractivity contribution in [2.45, 2.75) is 109 Å². The van der Waals surface area contributed by atoms with Gasteiger partial charge >= 0.3 is 0 Å². The molecule has 0 aromatic heterocycles. The fourth-order valence-corrected chi connectivity index (χ4v) is 5.08. The molecule has 0 saturated heterocycles. The van der Waals surface area contributed by atoms with Gasteiger partial charge in [0.15, 0.2) is 5.66 Å². The molecule has 0 atom stereocenters. The first-order chi connectivity index (χ1) is 12.7. The van der Waals surface area contributed by atoms with E-state index in [1.165, 1.54) is 64.2 Å². The molecule has 26 heavy (non-hydrogen) atoms. The van der Waals surface area contributed by atoms with Crippen molar-refractivity contribution < 1.29 is 4.79 Å². The summed E-state index contributed by atoms with van der Waals surface area (Å²) < 4.78 is 0. The minimum Gasteiger partial charge on any atom is -0.340 e. The lowest BCUT2D eigenvalue weighted by molar-refractivity contribution is -0.134.